The fourth-order valence-electron chi connectivity index (χ4n) is 2.39. The van der Waals surface area contributed by atoms with E-state index in [4.69, 9.17) is 0 Å². The molecule has 1 aliphatic rings. The number of benzene rings is 1. The molecule has 1 aliphatic heterocycles. The van der Waals surface area contributed by atoms with Crippen LogP contribution in [-0.4, -0.2) is 29.6 Å². The third-order valence-electron chi connectivity index (χ3n) is 3.61. The van der Waals surface area contributed by atoms with Crippen LogP contribution in [-0.2, 0) is 11.2 Å². The van der Waals surface area contributed by atoms with Gasteiger partial charge in [-0.1, -0.05) is 19.4 Å². The summed E-state index contributed by atoms with van der Waals surface area (Å²) in [7, 11) is 0. The van der Waals surface area contributed by atoms with Crippen LogP contribution in [0.25, 0.3) is 0 Å². The SMILES string of the molecule is CCc1ccc(NC(=O)C2CCCCN2)c(C(=O)O)c1. The van der Waals surface area contributed by atoms with Gasteiger partial charge in [-0.15, -0.1) is 0 Å². The molecule has 20 heavy (non-hydrogen) atoms. The summed E-state index contributed by atoms with van der Waals surface area (Å²) in [6, 6.07) is 4.90. The lowest BCUT2D eigenvalue weighted by molar-refractivity contribution is -0.118. The number of carbonyl (C=O) groups is 2. The number of piperidine rings is 1. The van der Waals surface area contributed by atoms with Gasteiger partial charge < -0.3 is 15.7 Å². The highest BCUT2D eigenvalue weighted by Gasteiger charge is 2.22. The molecule has 5 heteroatoms. The van der Waals surface area contributed by atoms with Gasteiger partial charge >= 0.3 is 5.97 Å². The van der Waals surface area contributed by atoms with Gasteiger partial charge in [-0.05, 0) is 43.5 Å². The molecule has 0 aliphatic carbocycles. The average Bonchev–Trinajstić information content (AvgIpc) is 2.48. The van der Waals surface area contributed by atoms with Gasteiger partial charge in [0.1, 0.15) is 0 Å². The minimum absolute atomic E-state index is 0.147. The molecule has 108 valence electrons. The van der Waals surface area contributed by atoms with Gasteiger partial charge in [-0.3, -0.25) is 4.79 Å². The van der Waals surface area contributed by atoms with Gasteiger partial charge in [0.25, 0.3) is 0 Å². The largest absolute Gasteiger partial charge is 0.478 e. The van der Waals surface area contributed by atoms with Crippen LogP contribution >= 0.6 is 0 Å². The summed E-state index contributed by atoms with van der Waals surface area (Å²) in [4.78, 5) is 23.4. The number of nitrogens with one attached hydrogen (secondary N) is 2. The second kappa shape index (κ2) is 6.52. The van der Waals surface area contributed by atoms with Gasteiger partial charge in [0.05, 0.1) is 17.3 Å². The Morgan fingerprint density at radius 2 is 2.20 bits per heavy atom. The number of hydrogen-bond acceptors (Lipinski definition) is 3. The van der Waals surface area contributed by atoms with Crippen molar-refractivity contribution in [1.82, 2.24) is 5.32 Å². The van der Waals surface area contributed by atoms with Crippen molar-refractivity contribution in [2.45, 2.75) is 38.6 Å². The Morgan fingerprint density at radius 1 is 1.40 bits per heavy atom. The van der Waals surface area contributed by atoms with Gasteiger partial charge in [0, 0.05) is 0 Å². The molecule has 1 saturated heterocycles. The predicted molar refractivity (Wildman–Crippen MR) is 77.1 cm³/mol. The lowest BCUT2D eigenvalue weighted by Gasteiger charge is -2.23. The summed E-state index contributed by atoms with van der Waals surface area (Å²) in [5, 5.41) is 15.1. The van der Waals surface area contributed by atoms with Crippen LogP contribution in [0.3, 0.4) is 0 Å². The van der Waals surface area contributed by atoms with Gasteiger partial charge in [0.2, 0.25) is 5.91 Å². The molecular weight excluding hydrogens is 256 g/mol. The number of amides is 1. The van der Waals surface area contributed by atoms with E-state index in [0.717, 1.165) is 37.8 Å². The Hall–Kier alpha value is -1.88. The maximum atomic E-state index is 12.1. The zero-order valence-electron chi connectivity index (χ0n) is 11.6. The molecule has 0 radical (unpaired) electrons. The summed E-state index contributed by atoms with van der Waals surface area (Å²) in [5.41, 5.74) is 1.46. The Bertz CT molecular complexity index is 508. The normalized spacial score (nSPS) is 18.6. The molecule has 0 aromatic heterocycles. The van der Waals surface area contributed by atoms with E-state index >= 15 is 0 Å². The molecule has 1 fully saturated rings. The highest BCUT2D eigenvalue weighted by atomic mass is 16.4. The van der Waals surface area contributed by atoms with Crippen molar-refractivity contribution < 1.29 is 14.7 Å². The highest BCUT2D eigenvalue weighted by molar-refractivity contribution is 6.02. The molecule has 5 nitrogen and oxygen atoms in total. The van der Waals surface area contributed by atoms with Crippen LogP contribution in [0.1, 0.15) is 42.1 Å². The Balaban J connectivity index is 2.15. The third kappa shape index (κ3) is 3.36. The molecule has 1 atom stereocenters. The van der Waals surface area contributed by atoms with Crippen molar-refractivity contribution in [2.75, 3.05) is 11.9 Å². The van der Waals surface area contributed by atoms with Crippen molar-refractivity contribution in [3.05, 3.63) is 29.3 Å². The van der Waals surface area contributed by atoms with Crippen LogP contribution in [0.2, 0.25) is 0 Å². The third-order valence-corrected chi connectivity index (χ3v) is 3.61. The molecule has 1 amide bonds. The van der Waals surface area contributed by atoms with Crippen LogP contribution in [0.4, 0.5) is 5.69 Å². The van der Waals surface area contributed by atoms with Crippen molar-refractivity contribution in [3.63, 3.8) is 0 Å². The van der Waals surface area contributed by atoms with E-state index in [1.165, 1.54) is 0 Å². The van der Waals surface area contributed by atoms with Gasteiger partial charge in [0.15, 0.2) is 0 Å². The molecule has 2 rings (SSSR count). The zero-order chi connectivity index (χ0) is 14.5. The fraction of sp³-hybridized carbons (Fsp3) is 0.467. The minimum Gasteiger partial charge on any atom is -0.478 e. The number of carbonyl (C=O) groups excluding carboxylic acids is 1. The number of carboxylic acids is 1. The Morgan fingerprint density at radius 3 is 2.80 bits per heavy atom. The maximum Gasteiger partial charge on any atom is 0.337 e. The van der Waals surface area contributed by atoms with E-state index in [0.29, 0.717) is 5.69 Å². The summed E-state index contributed by atoms with van der Waals surface area (Å²) < 4.78 is 0. The van der Waals surface area contributed by atoms with Gasteiger partial charge in [-0.2, -0.15) is 0 Å². The first-order valence-corrected chi connectivity index (χ1v) is 7.02. The van der Waals surface area contributed by atoms with Crippen molar-refractivity contribution in [2.24, 2.45) is 0 Å². The summed E-state index contributed by atoms with van der Waals surface area (Å²) in [6.07, 6.45) is 3.65. The second-order valence-electron chi connectivity index (χ2n) is 5.03. The quantitative estimate of drug-likeness (QED) is 0.786. The van der Waals surface area contributed by atoms with E-state index < -0.39 is 5.97 Å². The first kappa shape index (κ1) is 14.5. The Kier molecular flexibility index (Phi) is 4.74. The first-order chi connectivity index (χ1) is 9.61. The van der Waals surface area contributed by atoms with Crippen molar-refractivity contribution >= 4 is 17.6 Å². The monoisotopic (exact) mass is 276 g/mol. The topological polar surface area (TPSA) is 78.4 Å². The molecule has 1 heterocycles. The predicted octanol–water partition coefficient (Wildman–Crippen LogP) is 2.03. The van der Waals surface area contributed by atoms with Crippen molar-refractivity contribution in [1.29, 1.82) is 0 Å². The number of carboxylic acid groups (broad SMARTS) is 1. The molecule has 0 saturated carbocycles. The first-order valence-electron chi connectivity index (χ1n) is 7.02. The number of rotatable bonds is 4. The molecule has 1 unspecified atom stereocenters. The fourth-order valence-corrected chi connectivity index (χ4v) is 2.39. The molecule has 3 N–H and O–H groups in total. The Labute approximate surface area is 118 Å². The lowest BCUT2D eigenvalue weighted by atomic mass is 10.0. The average molecular weight is 276 g/mol. The smallest absolute Gasteiger partial charge is 0.337 e. The lowest BCUT2D eigenvalue weighted by Crippen LogP contribution is -2.43. The van der Waals surface area contributed by atoms with Crippen LogP contribution < -0.4 is 10.6 Å². The molecule has 0 spiro atoms. The van der Waals surface area contributed by atoms with Crippen molar-refractivity contribution in [3.8, 4) is 0 Å². The maximum absolute atomic E-state index is 12.1. The number of hydrogen-bond donors (Lipinski definition) is 3. The van der Waals surface area contributed by atoms with Crippen LogP contribution in [0.5, 0.6) is 0 Å². The minimum atomic E-state index is -1.02. The van der Waals surface area contributed by atoms with Crippen LogP contribution in [0.15, 0.2) is 18.2 Å². The van der Waals surface area contributed by atoms with E-state index in [-0.39, 0.29) is 17.5 Å². The molecule has 0 bridgehead atoms. The second-order valence-corrected chi connectivity index (χ2v) is 5.03. The van der Waals surface area contributed by atoms with E-state index in [2.05, 4.69) is 10.6 Å². The zero-order valence-corrected chi connectivity index (χ0v) is 11.6. The van der Waals surface area contributed by atoms with Gasteiger partial charge in [-0.25, -0.2) is 4.79 Å². The summed E-state index contributed by atoms with van der Waals surface area (Å²) in [5.74, 6) is -1.18. The van der Waals surface area contributed by atoms with E-state index in [1.54, 1.807) is 12.1 Å². The molecule has 1 aromatic carbocycles. The van der Waals surface area contributed by atoms with E-state index in [1.807, 2.05) is 13.0 Å². The number of aromatic carboxylic acids is 1. The number of anilines is 1. The summed E-state index contributed by atoms with van der Waals surface area (Å²) >= 11 is 0. The summed E-state index contributed by atoms with van der Waals surface area (Å²) in [6.45, 7) is 2.80. The number of aryl methyl sites for hydroxylation is 1. The molecule has 1 aromatic rings. The standard InChI is InChI=1S/C15H20N2O3/c1-2-10-6-7-12(11(9-10)15(19)20)17-14(18)13-5-3-4-8-16-13/h6-7,9,13,16H,2-5,8H2,1H3,(H,17,18)(H,19,20). The molecular formula is C15H20N2O3. The highest BCUT2D eigenvalue weighted by Crippen LogP contribution is 2.19. The van der Waals surface area contributed by atoms with Crippen LogP contribution in [0, 0.1) is 0 Å². The van der Waals surface area contributed by atoms with E-state index in [9.17, 15) is 14.7 Å².